The largest absolute Gasteiger partial charge is 0.482 e. The zero-order chi connectivity index (χ0) is 19.1. The van der Waals surface area contributed by atoms with Crippen molar-refractivity contribution in [1.29, 1.82) is 0 Å². The number of ether oxygens (including phenoxy) is 2. The van der Waals surface area contributed by atoms with Crippen molar-refractivity contribution >= 4 is 11.9 Å². The van der Waals surface area contributed by atoms with Crippen molar-refractivity contribution in [3.63, 3.8) is 0 Å². The normalized spacial score (nSPS) is 24.1. The van der Waals surface area contributed by atoms with Gasteiger partial charge in [-0.05, 0) is 56.3 Å². The Morgan fingerprint density at radius 2 is 2.07 bits per heavy atom. The van der Waals surface area contributed by atoms with Gasteiger partial charge in [0, 0.05) is 13.1 Å². The molecule has 6 heteroatoms. The second kappa shape index (κ2) is 9.22. The molecule has 0 bridgehead atoms. The summed E-state index contributed by atoms with van der Waals surface area (Å²) in [6.45, 7) is 4.46. The average Bonchev–Trinajstić information content (AvgIpc) is 3.13. The summed E-state index contributed by atoms with van der Waals surface area (Å²) in [6, 6.07) is 7.61. The zero-order valence-corrected chi connectivity index (χ0v) is 16.1. The Bertz CT molecular complexity index is 646. The molecule has 2 fully saturated rings. The first kappa shape index (κ1) is 19.7. The maximum atomic E-state index is 12.8. The lowest BCUT2D eigenvalue weighted by Crippen LogP contribution is -2.48. The average molecular weight is 374 g/mol. The molecule has 2 atom stereocenters. The third kappa shape index (κ3) is 4.80. The maximum Gasteiger partial charge on any atom is 0.344 e. The predicted octanol–water partition coefficient (Wildman–Crippen LogP) is 2.07. The Hall–Kier alpha value is -2.08. The SMILES string of the molecule is CCOC(=O)COc1ccc(CCNC(=O)[C@@]23CCCC[C@H]2CNC3)cc1. The highest BCUT2D eigenvalue weighted by molar-refractivity contribution is 5.83. The molecule has 0 spiro atoms. The number of amides is 1. The fourth-order valence-electron chi connectivity index (χ4n) is 4.28. The quantitative estimate of drug-likeness (QED) is 0.681. The Labute approximate surface area is 161 Å². The van der Waals surface area contributed by atoms with Gasteiger partial charge in [0.25, 0.3) is 0 Å². The van der Waals surface area contributed by atoms with Crippen molar-refractivity contribution in [2.45, 2.75) is 39.0 Å². The minimum absolute atomic E-state index is 0.0828. The predicted molar refractivity (Wildman–Crippen MR) is 103 cm³/mol. The topological polar surface area (TPSA) is 76.7 Å². The van der Waals surface area contributed by atoms with Crippen LogP contribution in [0.2, 0.25) is 0 Å². The highest BCUT2D eigenvalue weighted by atomic mass is 16.6. The lowest BCUT2D eigenvalue weighted by Gasteiger charge is -2.37. The van der Waals surface area contributed by atoms with Crippen LogP contribution in [0.25, 0.3) is 0 Å². The molecular formula is C21H30N2O4. The van der Waals surface area contributed by atoms with E-state index >= 15 is 0 Å². The molecule has 27 heavy (non-hydrogen) atoms. The van der Waals surface area contributed by atoms with E-state index in [4.69, 9.17) is 9.47 Å². The number of esters is 1. The Morgan fingerprint density at radius 1 is 1.26 bits per heavy atom. The third-order valence-electron chi connectivity index (χ3n) is 5.77. The first-order valence-corrected chi connectivity index (χ1v) is 10.0. The van der Waals surface area contributed by atoms with Gasteiger partial charge in [-0.25, -0.2) is 4.79 Å². The molecule has 0 radical (unpaired) electrons. The molecule has 1 saturated heterocycles. The van der Waals surface area contributed by atoms with E-state index in [2.05, 4.69) is 10.6 Å². The van der Waals surface area contributed by atoms with Crippen molar-refractivity contribution in [2.24, 2.45) is 11.3 Å². The van der Waals surface area contributed by atoms with Gasteiger partial charge in [-0.3, -0.25) is 4.79 Å². The fourth-order valence-corrected chi connectivity index (χ4v) is 4.28. The summed E-state index contributed by atoms with van der Waals surface area (Å²) in [4.78, 5) is 24.1. The number of carbonyl (C=O) groups excluding carboxylic acids is 2. The van der Waals surface area contributed by atoms with Gasteiger partial charge in [-0.1, -0.05) is 25.0 Å². The molecule has 1 aromatic carbocycles. The molecule has 2 aliphatic rings. The standard InChI is InChI=1S/C21H30N2O4/c1-2-26-19(24)14-27-18-8-6-16(7-9-18)10-12-23-20(25)21-11-4-3-5-17(21)13-22-15-21/h6-9,17,22H,2-5,10-15H2,1H3,(H,23,25)/t17-,21+/m0/s1. The van der Waals surface area contributed by atoms with E-state index < -0.39 is 0 Å². The smallest absolute Gasteiger partial charge is 0.344 e. The van der Waals surface area contributed by atoms with Crippen LogP contribution >= 0.6 is 0 Å². The molecule has 0 unspecified atom stereocenters. The van der Waals surface area contributed by atoms with E-state index in [1.807, 2.05) is 24.3 Å². The van der Waals surface area contributed by atoms with Gasteiger partial charge in [-0.2, -0.15) is 0 Å². The number of carbonyl (C=O) groups is 2. The van der Waals surface area contributed by atoms with E-state index in [1.165, 1.54) is 6.42 Å². The number of fused-ring (bicyclic) bond motifs is 1. The summed E-state index contributed by atoms with van der Waals surface area (Å²) < 4.78 is 10.2. The zero-order valence-electron chi connectivity index (χ0n) is 16.1. The fraction of sp³-hybridized carbons (Fsp3) is 0.619. The van der Waals surface area contributed by atoms with Crippen LogP contribution in [0.4, 0.5) is 0 Å². The maximum absolute atomic E-state index is 12.8. The molecular weight excluding hydrogens is 344 g/mol. The van der Waals surface area contributed by atoms with Gasteiger partial charge in [0.05, 0.1) is 12.0 Å². The van der Waals surface area contributed by atoms with Crippen molar-refractivity contribution in [3.05, 3.63) is 29.8 Å². The summed E-state index contributed by atoms with van der Waals surface area (Å²) in [7, 11) is 0. The van der Waals surface area contributed by atoms with Crippen molar-refractivity contribution in [3.8, 4) is 5.75 Å². The number of hydrogen-bond acceptors (Lipinski definition) is 5. The molecule has 1 saturated carbocycles. The monoisotopic (exact) mass is 374 g/mol. The molecule has 1 amide bonds. The number of rotatable bonds is 8. The highest BCUT2D eigenvalue weighted by Crippen LogP contribution is 2.43. The van der Waals surface area contributed by atoms with Gasteiger partial charge in [-0.15, -0.1) is 0 Å². The molecule has 148 valence electrons. The van der Waals surface area contributed by atoms with Crippen LogP contribution < -0.4 is 15.4 Å². The third-order valence-corrected chi connectivity index (χ3v) is 5.77. The summed E-state index contributed by atoms with van der Waals surface area (Å²) in [6.07, 6.45) is 5.33. The van der Waals surface area contributed by atoms with Gasteiger partial charge in [0.2, 0.25) is 5.91 Å². The molecule has 1 aliphatic heterocycles. The van der Waals surface area contributed by atoms with Crippen molar-refractivity contribution < 1.29 is 19.1 Å². The molecule has 6 nitrogen and oxygen atoms in total. The van der Waals surface area contributed by atoms with E-state index in [0.29, 0.717) is 24.8 Å². The molecule has 1 aromatic rings. The lowest BCUT2D eigenvalue weighted by atomic mass is 9.67. The van der Waals surface area contributed by atoms with Crippen molar-refractivity contribution in [2.75, 3.05) is 32.8 Å². The minimum Gasteiger partial charge on any atom is -0.482 e. The van der Waals surface area contributed by atoms with Crippen LogP contribution in [0.15, 0.2) is 24.3 Å². The summed E-state index contributed by atoms with van der Waals surface area (Å²) >= 11 is 0. The summed E-state index contributed by atoms with van der Waals surface area (Å²) in [5.41, 5.74) is 0.935. The van der Waals surface area contributed by atoms with Crippen LogP contribution in [0.5, 0.6) is 5.75 Å². The van der Waals surface area contributed by atoms with Gasteiger partial charge in [0.1, 0.15) is 5.75 Å². The van der Waals surface area contributed by atoms with E-state index in [0.717, 1.165) is 44.3 Å². The molecule has 1 heterocycles. The second-order valence-corrected chi connectivity index (χ2v) is 7.47. The Kier molecular flexibility index (Phi) is 6.72. The Balaban J connectivity index is 1.43. The molecule has 3 rings (SSSR count). The van der Waals surface area contributed by atoms with Gasteiger partial charge < -0.3 is 20.1 Å². The van der Waals surface area contributed by atoms with Crippen LogP contribution in [-0.4, -0.2) is 44.7 Å². The van der Waals surface area contributed by atoms with Gasteiger partial charge >= 0.3 is 5.97 Å². The molecule has 2 N–H and O–H groups in total. The molecule has 0 aromatic heterocycles. The highest BCUT2D eigenvalue weighted by Gasteiger charge is 2.49. The van der Waals surface area contributed by atoms with Crippen molar-refractivity contribution in [1.82, 2.24) is 10.6 Å². The lowest BCUT2D eigenvalue weighted by molar-refractivity contribution is -0.145. The molecule has 1 aliphatic carbocycles. The first-order chi connectivity index (χ1) is 13.1. The minimum atomic E-state index is -0.369. The number of benzene rings is 1. The Morgan fingerprint density at radius 3 is 2.85 bits per heavy atom. The van der Waals surface area contributed by atoms with Crippen LogP contribution in [0.3, 0.4) is 0 Å². The van der Waals surface area contributed by atoms with Crippen LogP contribution in [0, 0.1) is 11.3 Å². The van der Waals surface area contributed by atoms with E-state index in [1.54, 1.807) is 6.92 Å². The second-order valence-electron chi connectivity index (χ2n) is 7.47. The summed E-state index contributed by atoms with van der Waals surface area (Å²) in [5.74, 6) is 0.969. The number of hydrogen-bond donors (Lipinski definition) is 2. The first-order valence-electron chi connectivity index (χ1n) is 10.0. The van der Waals surface area contributed by atoms with E-state index in [9.17, 15) is 9.59 Å². The van der Waals surface area contributed by atoms with Gasteiger partial charge in [0.15, 0.2) is 6.61 Å². The van der Waals surface area contributed by atoms with Crippen LogP contribution in [-0.2, 0) is 20.7 Å². The summed E-state index contributed by atoms with van der Waals surface area (Å²) in [5, 5.41) is 6.58. The van der Waals surface area contributed by atoms with E-state index in [-0.39, 0.29) is 23.9 Å². The number of nitrogens with one attached hydrogen (secondary N) is 2. The van der Waals surface area contributed by atoms with Crippen LogP contribution in [0.1, 0.15) is 38.2 Å².